The van der Waals surface area contributed by atoms with Crippen LogP contribution in [0.1, 0.15) is 95.2 Å². The Kier molecular flexibility index (Phi) is 8.96. The largest absolute Gasteiger partial charge is 0.481 e. The predicted molar refractivity (Wildman–Crippen MR) is 181 cm³/mol. The number of benzene rings is 1. The summed E-state index contributed by atoms with van der Waals surface area (Å²) >= 11 is 0. The van der Waals surface area contributed by atoms with Gasteiger partial charge in [-0.2, -0.15) is 5.10 Å². The van der Waals surface area contributed by atoms with Crippen molar-refractivity contribution in [3.8, 4) is 0 Å². The van der Waals surface area contributed by atoms with Crippen LogP contribution in [0.25, 0.3) is 0 Å². The van der Waals surface area contributed by atoms with Crippen LogP contribution >= 0.6 is 0 Å². The first-order valence-corrected chi connectivity index (χ1v) is 17.8. The van der Waals surface area contributed by atoms with E-state index in [1.54, 1.807) is 16.9 Å². The number of hydrogen-bond acceptors (Lipinski definition) is 8. The number of carbonyl (C=O) groups excluding carboxylic acids is 2. The van der Waals surface area contributed by atoms with E-state index in [1.165, 1.54) is 6.42 Å². The predicted octanol–water partition coefficient (Wildman–Crippen LogP) is 4.52. The standard InChI is InChI=1S/C36H50BN5O6/c1-23(2)17-31(37-46-30-19-25-18-29(34(25,3)4)35(30,5)47-37)40-33(44)36(20-24-9-7-6-8-10-24)21-26(41-48-36)22-38-32(43)28-11-14-39-42(28)27-12-15-45-16-13-27/h6-11,14,23,25,27,29-31H,12-13,15-22H2,1-5H3,(H,38,43)(H,40,44)/t25-,29-,30+,31-,35-,36?/m0/s1. The zero-order valence-electron chi connectivity index (χ0n) is 28.9. The molecule has 1 aromatic carbocycles. The molecule has 258 valence electrons. The lowest BCUT2D eigenvalue weighted by molar-refractivity contribution is -0.199. The van der Waals surface area contributed by atoms with Crippen LogP contribution in [-0.2, 0) is 30.1 Å². The molecule has 12 heteroatoms. The van der Waals surface area contributed by atoms with Crippen molar-refractivity contribution < 1.29 is 28.5 Å². The molecule has 6 aliphatic rings. The zero-order chi connectivity index (χ0) is 33.7. The summed E-state index contributed by atoms with van der Waals surface area (Å²) in [7, 11) is -0.545. The minimum absolute atomic E-state index is 0.0214. The highest BCUT2D eigenvalue weighted by atomic mass is 16.7. The number of hydrogen-bond donors (Lipinski definition) is 2. The van der Waals surface area contributed by atoms with E-state index in [0.717, 1.165) is 24.8 Å². The Balaban J connectivity index is 1.05. The van der Waals surface area contributed by atoms with Gasteiger partial charge in [0.05, 0.1) is 35.9 Å². The molecule has 11 nitrogen and oxygen atoms in total. The van der Waals surface area contributed by atoms with Gasteiger partial charge in [-0.25, -0.2) is 0 Å². The molecule has 2 bridgehead atoms. The summed E-state index contributed by atoms with van der Waals surface area (Å²) in [5, 5.41) is 15.1. The summed E-state index contributed by atoms with van der Waals surface area (Å²) < 4.78 is 20.8. The second-order valence-electron chi connectivity index (χ2n) is 15.8. The van der Waals surface area contributed by atoms with Crippen molar-refractivity contribution in [2.24, 2.45) is 28.3 Å². The van der Waals surface area contributed by atoms with E-state index in [-0.39, 0.29) is 53.9 Å². The minimum atomic E-state index is -1.28. The fourth-order valence-electron chi connectivity index (χ4n) is 8.97. The molecule has 5 fully saturated rings. The molecule has 3 saturated carbocycles. The van der Waals surface area contributed by atoms with E-state index in [4.69, 9.17) is 18.9 Å². The Morgan fingerprint density at radius 3 is 2.58 bits per heavy atom. The molecule has 4 heterocycles. The van der Waals surface area contributed by atoms with Gasteiger partial charge in [-0.15, -0.1) is 0 Å². The summed E-state index contributed by atoms with van der Waals surface area (Å²) in [6, 6.07) is 11.7. The first kappa shape index (κ1) is 33.3. The van der Waals surface area contributed by atoms with Gasteiger partial charge in [0.25, 0.3) is 11.8 Å². The Labute approximate surface area is 284 Å². The number of nitrogens with zero attached hydrogens (tertiary/aromatic N) is 3. The molecular formula is C36H50BN5O6. The van der Waals surface area contributed by atoms with Crippen molar-refractivity contribution in [2.45, 2.75) is 109 Å². The van der Waals surface area contributed by atoms with Crippen LogP contribution in [0.3, 0.4) is 0 Å². The van der Waals surface area contributed by atoms with Gasteiger partial charge in [0.2, 0.25) is 5.60 Å². The molecule has 2 N–H and O–H groups in total. The summed E-state index contributed by atoms with van der Waals surface area (Å²) in [6.45, 7) is 12.7. The third kappa shape index (κ3) is 6.09. The topological polar surface area (TPSA) is 125 Å². The maximum Gasteiger partial charge on any atom is 0.481 e. The molecule has 0 radical (unpaired) electrons. The Morgan fingerprint density at radius 1 is 1.08 bits per heavy atom. The third-order valence-electron chi connectivity index (χ3n) is 11.8. The van der Waals surface area contributed by atoms with Crippen molar-refractivity contribution in [2.75, 3.05) is 19.8 Å². The lowest BCUT2D eigenvalue weighted by Crippen LogP contribution is -2.65. The Hall–Kier alpha value is -3.22. The van der Waals surface area contributed by atoms with Gasteiger partial charge in [-0.3, -0.25) is 14.3 Å². The molecule has 2 aromatic rings. The van der Waals surface area contributed by atoms with Crippen LogP contribution in [0.15, 0.2) is 47.8 Å². The lowest BCUT2D eigenvalue weighted by atomic mass is 9.43. The van der Waals surface area contributed by atoms with Crippen LogP contribution in [0.4, 0.5) is 0 Å². The summed E-state index contributed by atoms with van der Waals surface area (Å²) in [5.41, 5.74) is 0.634. The van der Waals surface area contributed by atoms with E-state index in [9.17, 15) is 9.59 Å². The summed E-state index contributed by atoms with van der Waals surface area (Å²) in [6.07, 6.45) is 6.72. The average molecular weight is 660 g/mol. The van der Waals surface area contributed by atoms with Crippen LogP contribution in [0.5, 0.6) is 0 Å². The minimum Gasteiger partial charge on any atom is -0.404 e. The molecule has 6 atom stereocenters. The second kappa shape index (κ2) is 12.9. The van der Waals surface area contributed by atoms with Crippen LogP contribution < -0.4 is 10.6 Å². The number of ether oxygens (including phenoxy) is 1. The quantitative estimate of drug-likeness (QED) is 0.340. The highest BCUT2D eigenvalue weighted by Crippen LogP contribution is 2.65. The third-order valence-corrected chi connectivity index (χ3v) is 11.8. The summed E-state index contributed by atoms with van der Waals surface area (Å²) in [4.78, 5) is 33.9. The molecule has 3 aliphatic heterocycles. The van der Waals surface area contributed by atoms with E-state index in [0.29, 0.717) is 55.2 Å². The average Bonchev–Trinajstić information content (AvgIpc) is 3.81. The fraction of sp³-hybridized carbons (Fsp3) is 0.667. The van der Waals surface area contributed by atoms with Crippen LogP contribution in [-0.4, -0.2) is 77.4 Å². The van der Waals surface area contributed by atoms with Gasteiger partial charge in [0.1, 0.15) is 5.69 Å². The number of rotatable bonds is 11. The molecule has 1 aromatic heterocycles. The first-order chi connectivity index (χ1) is 23.0. The van der Waals surface area contributed by atoms with Crippen molar-refractivity contribution in [3.63, 3.8) is 0 Å². The molecule has 48 heavy (non-hydrogen) atoms. The Morgan fingerprint density at radius 2 is 1.85 bits per heavy atom. The van der Waals surface area contributed by atoms with Crippen molar-refractivity contribution in [3.05, 3.63) is 53.9 Å². The summed E-state index contributed by atoms with van der Waals surface area (Å²) in [5.74, 6) is 0.519. The zero-order valence-corrected chi connectivity index (χ0v) is 28.9. The second-order valence-corrected chi connectivity index (χ2v) is 15.8. The molecule has 0 spiro atoms. The molecule has 1 unspecified atom stereocenters. The van der Waals surface area contributed by atoms with Gasteiger partial charge in [-0.05, 0) is 73.8 Å². The smallest absolute Gasteiger partial charge is 0.404 e. The number of aromatic nitrogens is 2. The molecule has 3 aliphatic carbocycles. The van der Waals surface area contributed by atoms with Gasteiger partial charge >= 0.3 is 7.12 Å². The molecule has 8 rings (SSSR count). The van der Waals surface area contributed by atoms with E-state index in [1.807, 2.05) is 30.3 Å². The van der Waals surface area contributed by atoms with Gasteiger partial charge in [-0.1, -0.05) is 63.2 Å². The van der Waals surface area contributed by atoms with Gasteiger partial charge in [0.15, 0.2) is 0 Å². The van der Waals surface area contributed by atoms with Crippen molar-refractivity contribution in [1.82, 2.24) is 20.4 Å². The highest BCUT2D eigenvalue weighted by Gasteiger charge is 2.68. The maximum atomic E-state index is 14.5. The SMILES string of the molecule is CC(C)C[C@H](NC(=O)C1(Cc2ccccc2)CC(CNC(=O)c2ccnn2C2CCOCC2)=NO1)B1O[C@@H]2C[C@@H]3C[C@@H](C3(C)C)[C@]2(C)O1. The molecule has 2 saturated heterocycles. The number of nitrogens with one attached hydrogen (secondary N) is 2. The Bertz CT molecular complexity index is 1530. The van der Waals surface area contributed by atoms with Crippen molar-refractivity contribution >= 4 is 24.6 Å². The first-order valence-electron chi connectivity index (χ1n) is 17.8. The normalized spacial score (nSPS) is 31.4. The van der Waals surface area contributed by atoms with Crippen LogP contribution in [0.2, 0.25) is 0 Å². The highest BCUT2D eigenvalue weighted by molar-refractivity contribution is 6.48. The molecular weight excluding hydrogens is 609 g/mol. The molecule has 2 amide bonds. The van der Waals surface area contributed by atoms with Crippen molar-refractivity contribution in [1.29, 1.82) is 0 Å². The van der Waals surface area contributed by atoms with E-state index < -0.39 is 12.7 Å². The number of oxime groups is 1. The lowest BCUT2D eigenvalue weighted by Gasteiger charge is -2.64. The van der Waals surface area contributed by atoms with Crippen LogP contribution in [0, 0.1) is 23.2 Å². The van der Waals surface area contributed by atoms with Gasteiger partial charge < -0.3 is 29.5 Å². The number of carbonyl (C=O) groups is 2. The maximum absolute atomic E-state index is 14.5. The monoisotopic (exact) mass is 659 g/mol. The van der Waals surface area contributed by atoms with E-state index in [2.05, 4.69) is 55.5 Å². The van der Waals surface area contributed by atoms with Gasteiger partial charge in [0, 0.05) is 32.3 Å². The fourth-order valence-corrected chi connectivity index (χ4v) is 8.97. The number of amides is 2. The van der Waals surface area contributed by atoms with E-state index >= 15 is 0 Å².